The number of carboxylic acids is 1. The van der Waals surface area contributed by atoms with Crippen LogP contribution >= 0.6 is 0 Å². The van der Waals surface area contributed by atoms with Crippen LogP contribution in [0.3, 0.4) is 0 Å². The molecule has 1 amide bonds. The van der Waals surface area contributed by atoms with Gasteiger partial charge in [-0.3, -0.25) is 9.59 Å². The molecule has 1 aromatic carbocycles. The van der Waals surface area contributed by atoms with Gasteiger partial charge in [-0.15, -0.1) is 0 Å². The van der Waals surface area contributed by atoms with Gasteiger partial charge in [0.05, 0.1) is 7.11 Å². The fraction of sp³-hybridized carbons (Fsp3) is 0.444. The van der Waals surface area contributed by atoms with E-state index < -0.39 is 5.97 Å². The SMILES string of the molecule is COc1ccc(C)cc1C=CC(=O)N(CC(=O)O)C1CCOCC1. The van der Waals surface area contributed by atoms with E-state index in [1.165, 1.54) is 11.0 Å². The Morgan fingerprint density at radius 3 is 2.71 bits per heavy atom. The summed E-state index contributed by atoms with van der Waals surface area (Å²) in [5, 5.41) is 9.10. The summed E-state index contributed by atoms with van der Waals surface area (Å²) in [7, 11) is 1.57. The lowest BCUT2D eigenvalue weighted by atomic mass is 10.1. The molecule has 0 radical (unpaired) electrons. The summed E-state index contributed by atoms with van der Waals surface area (Å²) in [5.74, 6) is -0.662. The molecule has 1 N–H and O–H groups in total. The molecule has 1 heterocycles. The summed E-state index contributed by atoms with van der Waals surface area (Å²) < 4.78 is 10.6. The van der Waals surface area contributed by atoms with Gasteiger partial charge in [-0.05, 0) is 38.0 Å². The van der Waals surface area contributed by atoms with Crippen molar-refractivity contribution in [2.45, 2.75) is 25.8 Å². The van der Waals surface area contributed by atoms with Crippen LogP contribution in [0.4, 0.5) is 0 Å². The summed E-state index contributed by atoms with van der Waals surface area (Å²) in [6.07, 6.45) is 4.39. The fourth-order valence-corrected chi connectivity index (χ4v) is 2.77. The number of aryl methyl sites for hydroxylation is 1. The van der Waals surface area contributed by atoms with Crippen LogP contribution in [-0.4, -0.2) is 54.8 Å². The number of carbonyl (C=O) groups is 2. The minimum atomic E-state index is -1.02. The van der Waals surface area contributed by atoms with Gasteiger partial charge in [-0.2, -0.15) is 0 Å². The second kappa shape index (κ2) is 8.49. The molecule has 0 spiro atoms. The standard InChI is InChI=1S/C18H23NO5/c1-13-3-5-16(23-2)14(11-13)4-6-17(20)19(12-18(21)22)15-7-9-24-10-8-15/h3-6,11,15H,7-10,12H2,1-2H3,(H,21,22). The van der Waals surface area contributed by atoms with Gasteiger partial charge in [0.15, 0.2) is 0 Å². The first kappa shape index (κ1) is 18.0. The average Bonchev–Trinajstić information content (AvgIpc) is 2.58. The number of hydrogen-bond acceptors (Lipinski definition) is 4. The van der Waals surface area contributed by atoms with E-state index in [1.807, 2.05) is 25.1 Å². The van der Waals surface area contributed by atoms with E-state index in [-0.39, 0.29) is 18.5 Å². The Morgan fingerprint density at radius 1 is 1.38 bits per heavy atom. The molecule has 0 saturated carbocycles. The van der Waals surface area contributed by atoms with Crippen molar-refractivity contribution in [3.63, 3.8) is 0 Å². The van der Waals surface area contributed by atoms with Crippen molar-refractivity contribution >= 4 is 18.0 Å². The molecule has 0 unspecified atom stereocenters. The maximum Gasteiger partial charge on any atom is 0.323 e. The monoisotopic (exact) mass is 333 g/mol. The maximum atomic E-state index is 12.5. The van der Waals surface area contributed by atoms with Crippen LogP contribution in [0, 0.1) is 6.92 Å². The highest BCUT2D eigenvalue weighted by atomic mass is 16.5. The van der Waals surface area contributed by atoms with E-state index in [4.69, 9.17) is 14.6 Å². The zero-order chi connectivity index (χ0) is 17.5. The number of aliphatic carboxylic acids is 1. The van der Waals surface area contributed by atoms with Gasteiger partial charge in [0.2, 0.25) is 5.91 Å². The molecule has 1 aromatic rings. The topological polar surface area (TPSA) is 76.1 Å². The molecule has 0 atom stereocenters. The van der Waals surface area contributed by atoms with Crippen molar-refractivity contribution in [2.75, 3.05) is 26.9 Å². The van der Waals surface area contributed by atoms with Gasteiger partial charge in [0.25, 0.3) is 0 Å². The van der Waals surface area contributed by atoms with E-state index in [0.717, 1.165) is 11.1 Å². The summed E-state index contributed by atoms with van der Waals surface area (Å²) in [6.45, 7) is 2.74. The van der Waals surface area contributed by atoms with Crippen molar-refractivity contribution in [2.24, 2.45) is 0 Å². The Bertz CT molecular complexity index is 620. The Balaban J connectivity index is 2.17. The third-order valence-corrected chi connectivity index (χ3v) is 4.01. The lowest BCUT2D eigenvalue weighted by Gasteiger charge is -2.32. The third kappa shape index (κ3) is 4.83. The van der Waals surface area contributed by atoms with Crippen LogP contribution in [-0.2, 0) is 14.3 Å². The third-order valence-electron chi connectivity index (χ3n) is 4.01. The van der Waals surface area contributed by atoms with E-state index in [9.17, 15) is 9.59 Å². The lowest BCUT2D eigenvalue weighted by Crippen LogP contribution is -2.45. The lowest BCUT2D eigenvalue weighted by molar-refractivity contribution is -0.145. The molecule has 0 aliphatic carbocycles. The second-order valence-electron chi connectivity index (χ2n) is 5.78. The normalized spacial score (nSPS) is 15.4. The Morgan fingerprint density at radius 2 is 2.08 bits per heavy atom. The van der Waals surface area contributed by atoms with Gasteiger partial charge in [0.1, 0.15) is 12.3 Å². The maximum absolute atomic E-state index is 12.5. The zero-order valence-corrected chi connectivity index (χ0v) is 14.0. The minimum Gasteiger partial charge on any atom is -0.496 e. The van der Waals surface area contributed by atoms with Crippen LogP contribution < -0.4 is 4.74 Å². The van der Waals surface area contributed by atoms with Crippen molar-refractivity contribution in [3.8, 4) is 5.75 Å². The first-order valence-corrected chi connectivity index (χ1v) is 7.94. The molecule has 0 aromatic heterocycles. The first-order chi connectivity index (χ1) is 11.5. The Labute approximate surface area is 141 Å². The number of methoxy groups -OCH3 is 1. The van der Waals surface area contributed by atoms with Gasteiger partial charge in [-0.1, -0.05) is 11.6 Å². The smallest absolute Gasteiger partial charge is 0.323 e. The number of carboxylic acid groups (broad SMARTS) is 1. The molecular weight excluding hydrogens is 310 g/mol. The average molecular weight is 333 g/mol. The van der Waals surface area contributed by atoms with Crippen molar-refractivity contribution < 1.29 is 24.2 Å². The van der Waals surface area contributed by atoms with Crippen LogP contribution in [0.1, 0.15) is 24.0 Å². The Kier molecular flexibility index (Phi) is 6.37. The van der Waals surface area contributed by atoms with E-state index in [2.05, 4.69) is 0 Å². The summed E-state index contributed by atoms with van der Waals surface area (Å²) >= 11 is 0. The second-order valence-corrected chi connectivity index (χ2v) is 5.78. The van der Waals surface area contributed by atoms with Crippen LogP contribution in [0.2, 0.25) is 0 Å². The van der Waals surface area contributed by atoms with Gasteiger partial charge in [-0.25, -0.2) is 0 Å². The molecule has 0 bridgehead atoms. The van der Waals surface area contributed by atoms with E-state index in [0.29, 0.717) is 31.8 Å². The number of ether oxygens (including phenoxy) is 2. The number of hydrogen-bond donors (Lipinski definition) is 1. The van der Waals surface area contributed by atoms with Crippen LogP contribution in [0.25, 0.3) is 6.08 Å². The summed E-state index contributed by atoms with van der Waals surface area (Å²) in [6, 6.07) is 5.58. The molecule has 1 aliphatic heterocycles. The molecule has 130 valence electrons. The first-order valence-electron chi connectivity index (χ1n) is 7.94. The van der Waals surface area contributed by atoms with Crippen LogP contribution in [0.15, 0.2) is 24.3 Å². The number of carbonyl (C=O) groups excluding carboxylic acids is 1. The molecule has 6 nitrogen and oxygen atoms in total. The summed E-state index contributed by atoms with van der Waals surface area (Å²) in [5.41, 5.74) is 1.84. The van der Waals surface area contributed by atoms with Gasteiger partial charge in [0, 0.05) is 30.9 Å². The van der Waals surface area contributed by atoms with Crippen molar-refractivity contribution in [1.29, 1.82) is 0 Å². The van der Waals surface area contributed by atoms with Crippen molar-refractivity contribution in [1.82, 2.24) is 4.90 Å². The Hall–Kier alpha value is -2.34. The molecule has 1 saturated heterocycles. The molecule has 2 rings (SSSR count). The number of nitrogens with zero attached hydrogens (tertiary/aromatic N) is 1. The van der Waals surface area contributed by atoms with E-state index >= 15 is 0 Å². The fourth-order valence-electron chi connectivity index (χ4n) is 2.77. The number of benzene rings is 1. The van der Waals surface area contributed by atoms with E-state index in [1.54, 1.807) is 13.2 Å². The molecule has 1 fully saturated rings. The largest absolute Gasteiger partial charge is 0.496 e. The highest BCUT2D eigenvalue weighted by Gasteiger charge is 2.26. The van der Waals surface area contributed by atoms with Gasteiger partial charge < -0.3 is 19.5 Å². The van der Waals surface area contributed by atoms with Crippen molar-refractivity contribution in [3.05, 3.63) is 35.4 Å². The number of amides is 1. The molecule has 6 heteroatoms. The highest BCUT2D eigenvalue weighted by molar-refractivity contribution is 5.94. The molecular formula is C18H23NO5. The quantitative estimate of drug-likeness (QED) is 0.807. The molecule has 1 aliphatic rings. The number of rotatable bonds is 6. The zero-order valence-electron chi connectivity index (χ0n) is 14.0. The molecule has 24 heavy (non-hydrogen) atoms. The highest BCUT2D eigenvalue weighted by Crippen LogP contribution is 2.21. The predicted octanol–water partition coefficient (Wildman–Crippen LogP) is 2.11. The summed E-state index contributed by atoms with van der Waals surface area (Å²) in [4.78, 5) is 25.0. The minimum absolute atomic E-state index is 0.105. The van der Waals surface area contributed by atoms with Crippen LogP contribution in [0.5, 0.6) is 5.75 Å². The van der Waals surface area contributed by atoms with Gasteiger partial charge >= 0.3 is 5.97 Å². The predicted molar refractivity (Wildman–Crippen MR) is 90.0 cm³/mol.